The molecule has 0 unspecified atom stereocenters. The molecule has 3 fully saturated rings. The fraction of sp³-hybridized carbons (Fsp3) is 0.516. The summed E-state index contributed by atoms with van der Waals surface area (Å²) in [5.74, 6) is 0.0204. The number of nitrogens with zero attached hydrogens (tertiary/aromatic N) is 5. The molecule has 9 nitrogen and oxygen atoms in total. The molecule has 42 heavy (non-hydrogen) atoms. The minimum atomic E-state index is -3.90. The third-order valence-electron chi connectivity index (χ3n) is 9.60. The number of rotatable bonds is 6. The van der Waals surface area contributed by atoms with Gasteiger partial charge in [-0.3, -0.25) is 9.88 Å². The van der Waals surface area contributed by atoms with Crippen LogP contribution >= 0.6 is 0 Å². The minimum absolute atomic E-state index is 0.0204. The molecule has 226 valence electrons. The highest BCUT2D eigenvalue weighted by molar-refractivity contribution is 7.91. The minimum Gasteiger partial charge on any atom is -0.508 e. The number of likely N-dealkylation sites (N-methyl/N-ethyl adjacent to an activating group) is 1. The third-order valence-corrected chi connectivity index (χ3v) is 12.7. The molecule has 3 aliphatic heterocycles. The number of piperidine rings is 2. The maximum absolute atomic E-state index is 14.0. The number of benzene rings is 2. The lowest BCUT2D eigenvalue weighted by atomic mass is 9.96. The zero-order valence-electron chi connectivity index (χ0n) is 24.7. The van der Waals surface area contributed by atoms with Crippen LogP contribution in [0.5, 0.6) is 5.75 Å². The second kappa shape index (κ2) is 12.2. The van der Waals surface area contributed by atoms with Gasteiger partial charge >= 0.3 is 0 Å². The Morgan fingerprint density at radius 2 is 1.43 bits per heavy atom. The van der Waals surface area contributed by atoms with Gasteiger partial charge in [0.2, 0.25) is 18.9 Å². The van der Waals surface area contributed by atoms with Crippen LogP contribution in [-0.4, -0.2) is 119 Å². The summed E-state index contributed by atoms with van der Waals surface area (Å²) in [5.41, 5.74) is 1.40. The number of likely N-dealkylation sites (tertiary alicyclic amines) is 1. The Hall–Kier alpha value is -2.54. The van der Waals surface area contributed by atoms with Gasteiger partial charge in [0.1, 0.15) is 10.6 Å². The lowest BCUT2D eigenvalue weighted by Crippen LogP contribution is -2.54. The van der Waals surface area contributed by atoms with E-state index in [2.05, 4.69) is 31.6 Å². The lowest BCUT2D eigenvalue weighted by molar-refractivity contribution is 0.0495. The van der Waals surface area contributed by atoms with Crippen molar-refractivity contribution in [1.82, 2.24) is 19.7 Å². The van der Waals surface area contributed by atoms with Crippen LogP contribution in [0, 0.1) is 0 Å². The first-order chi connectivity index (χ1) is 20.2. The van der Waals surface area contributed by atoms with E-state index < -0.39 is 18.9 Å². The van der Waals surface area contributed by atoms with E-state index >= 15 is 0 Å². The van der Waals surface area contributed by atoms with Crippen LogP contribution in [0.2, 0.25) is 6.55 Å². The number of anilines is 1. The van der Waals surface area contributed by atoms with Gasteiger partial charge in [-0.15, -0.1) is 0 Å². The highest BCUT2D eigenvalue weighted by Crippen LogP contribution is 2.38. The average molecular weight is 610 g/mol. The summed E-state index contributed by atoms with van der Waals surface area (Å²) in [6.45, 7) is 10.3. The number of aromatic hydroxyl groups is 1. The van der Waals surface area contributed by atoms with Crippen molar-refractivity contribution >= 4 is 40.7 Å². The van der Waals surface area contributed by atoms with E-state index in [0.717, 1.165) is 68.2 Å². The molecule has 0 bridgehead atoms. The Morgan fingerprint density at radius 3 is 2.05 bits per heavy atom. The number of fused-ring (bicyclic) bond motifs is 1. The summed E-state index contributed by atoms with van der Waals surface area (Å²) in [7, 11) is -3.80. The zero-order valence-corrected chi connectivity index (χ0v) is 26.7. The predicted octanol–water partition coefficient (Wildman–Crippen LogP) is 2.01. The molecule has 3 saturated heterocycles. The van der Waals surface area contributed by atoms with Crippen molar-refractivity contribution in [2.24, 2.45) is 0 Å². The molecular weight excluding hydrogens is 567 g/mol. The van der Waals surface area contributed by atoms with Gasteiger partial charge < -0.3 is 24.6 Å². The number of piperazine rings is 1. The first-order valence-electron chi connectivity index (χ1n) is 15.3. The standard InChI is InChI=1S/C31H43N5O4SSi/c1-33-17-19-35(20-18-33)24-9-13-34(14-10-24)23-11-15-36(16-12-23)31-28-21-27(42(2)40)7-8-29(28)32-22-30(31)41(38,39)26-5-3-25(37)4-6-26/h3-8,21-24,37,40,42H,9-20H2,1-2H3/t42-/m1/s1. The second-order valence-corrected chi connectivity index (χ2v) is 16.2. The summed E-state index contributed by atoms with van der Waals surface area (Å²) in [6.07, 6.45) is 5.88. The average Bonchev–Trinajstić information content (AvgIpc) is 3.01. The van der Waals surface area contributed by atoms with Crippen molar-refractivity contribution in [3.63, 3.8) is 0 Å². The molecular formula is C31H43N5O4SSi. The molecule has 4 heterocycles. The highest BCUT2D eigenvalue weighted by atomic mass is 32.2. The zero-order chi connectivity index (χ0) is 29.4. The van der Waals surface area contributed by atoms with E-state index in [9.17, 15) is 18.3 Å². The second-order valence-electron chi connectivity index (χ2n) is 12.2. The fourth-order valence-electron chi connectivity index (χ4n) is 6.97. The van der Waals surface area contributed by atoms with E-state index in [1.807, 2.05) is 24.7 Å². The topological polar surface area (TPSA) is 100 Å². The van der Waals surface area contributed by atoms with Gasteiger partial charge in [0, 0.05) is 62.9 Å². The molecule has 1 aromatic heterocycles. The number of hydrogen-bond acceptors (Lipinski definition) is 9. The molecule has 0 amide bonds. The summed E-state index contributed by atoms with van der Waals surface area (Å²) >= 11 is 0. The molecule has 0 saturated carbocycles. The maximum Gasteiger partial charge on any atom is 0.210 e. The Morgan fingerprint density at radius 1 is 0.833 bits per heavy atom. The van der Waals surface area contributed by atoms with Gasteiger partial charge in [-0.25, -0.2) is 8.42 Å². The van der Waals surface area contributed by atoms with E-state index in [4.69, 9.17) is 0 Å². The van der Waals surface area contributed by atoms with Crippen LogP contribution in [-0.2, 0) is 9.84 Å². The van der Waals surface area contributed by atoms with Crippen molar-refractivity contribution in [1.29, 1.82) is 0 Å². The van der Waals surface area contributed by atoms with Crippen molar-refractivity contribution in [3.8, 4) is 5.75 Å². The number of aromatic nitrogens is 1. The summed E-state index contributed by atoms with van der Waals surface area (Å²) in [4.78, 5) is 25.3. The summed E-state index contributed by atoms with van der Waals surface area (Å²) < 4.78 is 27.9. The molecule has 3 aliphatic rings. The van der Waals surface area contributed by atoms with Crippen molar-refractivity contribution < 1.29 is 18.3 Å². The van der Waals surface area contributed by atoms with E-state index in [0.29, 0.717) is 17.8 Å². The molecule has 1 atom stereocenters. The van der Waals surface area contributed by atoms with Gasteiger partial charge in [-0.2, -0.15) is 0 Å². The van der Waals surface area contributed by atoms with Gasteiger partial charge in [-0.1, -0.05) is 6.07 Å². The predicted molar refractivity (Wildman–Crippen MR) is 169 cm³/mol. The van der Waals surface area contributed by atoms with Crippen LogP contribution in [0.15, 0.2) is 58.5 Å². The molecule has 11 heteroatoms. The molecule has 6 rings (SSSR count). The van der Waals surface area contributed by atoms with Crippen LogP contribution in [0.25, 0.3) is 10.9 Å². The Balaban J connectivity index is 1.23. The van der Waals surface area contributed by atoms with Gasteiger partial charge in [-0.05, 0) is 94.0 Å². The van der Waals surface area contributed by atoms with Gasteiger partial charge in [0.25, 0.3) is 0 Å². The summed E-state index contributed by atoms with van der Waals surface area (Å²) in [6, 6.07) is 12.6. The number of phenols is 1. The number of sulfone groups is 1. The highest BCUT2D eigenvalue weighted by Gasteiger charge is 2.34. The lowest BCUT2D eigenvalue weighted by Gasteiger charge is -2.46. The van der Waals surface area contributed by atoms with E-state index in [-0.39, 0.29) is 15.5 Å². The normalized spacial score (nSPS) is 21.6. The molecule has 2 N–H and O–H groups in total. The van der Waals surface area contributed by atoms with Gasteiger partial charge in [0.15, 0.2) is 0 Å². The first kappa shape index (κ1) is 29.5. The molecule has 0 radical (unpaired) electrons. The Bertz CT molecular complexity index is 1500. The van der Waals surface area contributed by atoms with E-state index in [1.54, 1.807) is 0 Å². The largest absolute Gasteiger partial charge is 0.508 e. The first-order valence-corrected chi connectivity index (χ1v) is 19.0. The van der Waals surface area contributed by atoms with Crippen LogP contribution < -0.4 is 10.1 Å². The van der Waals surface area contributed by atoms with Crippen molar-refractivity contribution in [2.45, 2.75) is 54.1 Å². The van der Waals surface area contributed by atoms with Crippen LogP contribution in [0.1, 0.15) is 25.7 Å². The third kappa shape index (κ3) is 5.95. The van der Waals surface area contributed by atoms with Crippen molar-refractivity contribution in [3.05, 3.63) is 48.7 Å². The Kier molecular flexibility index (Phi) is 8.59. The number of hydrogen-bond donors (Lipinski definition) is 2. The quantitative estimate of drug-likeness (QED) is 0.407. The van der Waals surface area contributed by atoms with Crippen molar-refractivity contribution in [2.75, 3.05) is 64.3 Å². The molecule has 0 spiro atoms. The molecule has 2 aromatic carbocycles. The van der Waals surface area contributed by atoms with Gasteiger partial charge in [0.05, 0.1) is 16.1 Å². The molecule has 0 aliphatic carbocycles. The summed E-state index contributed by atoms with van der Waals surface area (Å²) in [5, 5.41) is 11.4. The number of pyridine rings is 1. The molecule has 3 aromatic rings. The monoisotopic (exact) mass is 609 g/mol. The fourth-order valence-corrected chi connectivity index (χ4v) is 9.19. The maximum atomic E-state index is 14.0. The Labute approximate surface area is 251 Å². The van der Waals surface area contributed by atoms with Crippen LogP contribution in [0.3, 0.4) is 0 Å². The van der Waals surface area contributed by atoms with E-state index in [1.165, 1.54) is 56.4 Å². The van der Waals surface area contributed by atoms with Crippen LogP contribution in [0.4, 0.5) is 5.69 Å². The smallest absolute Gasteiger partial charge is 0.210 e. The number of phenolic OH excluding ortho intramolecular Hbond substituents is 1. The SMILES string of the molecule is CN1CCN(C2CCN(C3CCN(c4c(S(=O)(=O)c5ccc(O)cc5)cnc5ccc([Si@@H](C)O)cc45)CC3)CC2)CC1.